The second-order valence-electron chi connectivity index (χ2n) is 9.36. The Bertz CT molecular complexity index is 1120. The minimum absolute atomic E-state index is 0.324. The van der Waals surface area contributed by atoms with Gasteiger partial charge in [0.25, 0.3) is 11.5 Å². The van der Waals surface area contributed by atoms with Crippen LogP contribution < -0.4 is 10.3 Å². The van der Waals surface area contributed by atoms with Crippen LogP contribution in [-0.4, -0.2) is 52.4 Å². The average Bonchev–Trinajstić information content (AvgIpc) is 3.01. The highest BCUT2D eigenvalue weighted by atomic mass is 19.4. The summed E-state index contributed by atoms with van der Waals surface area (Å²) in [6.45, 7) is 3.05. The van der Waals surface area contributed by atoms with E-state index in [4.69, 9.17) is 9.47 Å². The van der Waals surface area contributed by atoms with Crippen molar-refractivity contribution in [2.24, 2.45) is 0 Å². The van der Waals surface area contributed by atoms with E-state index < -0.39 is 60.3 Å². The summed E-state index contributed by atoms with van der Waals surface area (Å²) in [6, 6.07) is 5.38. The number of likely N-dealkylation sites (tertiary alicyclic amines) is 1. The van der Waals surface area contributed by atoms with Gasteiger partial charge in [-0.2, -0.15) is 18.3 Å². The van der Waals surface area contributed by atoms with Crippen LogP contribution in [0.4, 0.5) is 22.0 Å². The third-order valence-corrected chi connectivity index (χ3v) is 5.25. The van der Waals surface area contributed by atoms with Crippen LogP contribution in [0.5, 0.6) is 5.75 Å². The van der Waals surface area contributed by atoms with Crippen molar-refractivity contribution in [2.75, 3.05) is 20.2 Å². The SMILES string of the molecule is COc1ccc(Cn2nc([C@@H]3CC(F)(F)CN3CC(=O)OC(C)(C)C)cc(C(F)(F)F)c2=O)cc1. The fraction of sp³-hybridized carbons (Fsp3) is 0.522. The first-order valence-corrected chi connectivity index (χ1v) is 10.7. The number of benzene rings is 1. The Kier molecular flexibility index (Phi) is 7.26. The first kappa shape index (κ1) is 26.6. The molecule has 0 N–H and O–H groups in total. The largest absolute Gasteiger partial charge is 0.497 e. The summed E-state index contributed by atoms with van der Waals surface area (Å²) < 4.78 is 80.5. The topological polar surface area (TPSA) is 73.7 Å². The number of halogens is 5. The van der Waals surface area contributed by atoms with Crippen LogP contribution in [0.1, 0.15) is 50.1 Å². The number of aromatic nitrogens is 2. The molecule has 35 heavy (non-hydrogen) atoms. The maximum Gasteiger partial charge on any atom is 0.421 e. The molecule has 0 aliphatic carbocycles. The van der Waals surface area contributed by atoms with E-state index in [2.05, 4.69) is 5.10 Å². The van der Waals surface area contributed by atoms with Gasteiger partial charge in [0.15, 0.2) is 0 Å². The molecule has 0 radical (unpaired) electrons. The van der Waals surface area contributed by atoms with Crippen molar-refractivity contribution in [1.29, 1.82) is 0 Å². The molecule has 0 bridgehead atoms. The lowest BCUT2D eigenvalue weighted by atomic mass is 10.1. The third kappa shape index (κ3) is 6.77. The lowest BCUT2D eigenvalue weighted by molar-refractivity contribution is -0.156. The van der Waals surface area contributed by atoms with Crippen LogP contribution in [0.25, 0.3) is 0 Å². The summed E-state index contributed by atoms with van der Waals surface area (Å²) >= 11 is 0. The molecule has 0 saturated carbocycles. The first-order chi connectivity index (χ1) is 16.1. The summed E-state index contributed by atoms with van der Waals surface area (Å²) in [5, 5.41) is 4.01. The van der Waals surface area contributed by atoms with Gasteiger partial charge in [0.05, 0.1) is 38.5 Å². The minimum Gasteiger partial charge on any atom is -0.497 e. The van der Waals surface area contributed by atoms with E-state index in [0.29, 0.717) is 22.1 Å². The smallest absolute Gasteiger partial charge is 0.421 e. The zero-order chi connectivity index (χ0) is 26.2. The number of ether oxygens (including phenoxy) is 2. The first-order valence-electron chi connectivity index (χ1n) is 10.7. The van der Waals surface area contributed by atoms with Crippen LogP contribution in [-0.2, 0) is 22.3 Å². The summed E-state index contributed by atoms with van der Waals surface area (Å²) in [5.41, 5.74) is -3.73. The molecule has 192 valence electrons. The number of hydrogen-bond donors (Lipinski definition) is 0. The fourth-order valence-electron chi connectivity index (χ4n) is 3.82. The van der Waals surface area contributed by atoms with E-state index in [1.165, 1.54) is 7.11 Å². The normalized spacial score (nSPS) is 18.5. The summed E-state index contributed by atoms with van der Waals surface area (Å²) in [7, 11) is 1.44. The van der Waals surface area contributed by atoms with Gasteiger partial charge in [-0.15, -0.1) is 0 Å². The molecule has 1 aliphatic rings. The molecule has 1 fully saturated rings. The minimum atomic E-state index is -5.03. The number of methoxy groups -OCH3 is 1. The average molecular weight is 503 g/mol. The van der Waals surface area contributed by atoms with E-state index in [-0.39, 0.29) is 12.2 Å². The van der Waals surface area contributed by atoms with E-state index in [1.807, 2.05) is 0 Å². The molecule has 0 spiro atoms. The predicted octanol–water partition coefficient (Wildman–Crippen LogP) is 4.04. The highest BCUT2D eigenvalue weighted by Crippen LogP contribution is 2.41. The standard InChI is InChI=1S/C23H26F5N3O4/c1-21(2,3)35-19(32)12-30-13-22(24,25)10-18(30)17-9-16(23(26,27)28)20(33)31(29-17)11-14-5-7-15(34-4)8-6-14/h5-9,18H,10-13H2,1-4H3/t18-/m0/s1. The van der Waals surface area contributed by atoms with Gasteiger partial charge in [0.1, 0.15) is 16.9 Å². The predicted molar refractivity (Wildman–Crippen MR) is 115 cm³/mol. The summed E-state index contributed by atoms with van der Waals surface area (Å²) in [6.07, 6.45) is -5.89. The third-order valence-electron chi connectivity index (χ3n) is 5.25. The Labute approximate surface area is 198 Å². The number of nitrogens with zero attached hydrogens (tertiary/aromatic N) is 3. The Morgan fingerprint density at radius 1 is 1.17 bits per heavy atom. The number of carbonyl (C=O) groups is 1. The summed E-state index contributed by atoms with van der Waals surface area (Å²) in [4.78, 5) is 25.9. The number of alkyl halides is 5. The van der Waals surface area contributed by atoms with Gasteiger partial charge in [0.2, 0.25) is 0 Å². The van der Waals surface area contributed by atoms with Crippen LogP contribution >= 0.6 is 0 Å². The molecule has 0 amide bonds. The zero-order valence-corrected chi connectivity index (χ0v) is 19.7. The lowest BCUT2D eigenvalue weighted by Gasteiger charge is -2.26. The molecular weight excluding hydrogens is 477 g/mol. The van der Waals surface area contributed by atoms with Gasteiger partial charge >= 0.3 is 12.1 Å². The van der Waals surface area contributed by atoms with Crippen LogP contribution in [0.2, 0.25) is 0 Å². The van der Waals surface area contributed by atoms with Crippen molar-refractivity contribution in [2.45, 2.75) is 57.5 Å². The molecule has 12 heteroatoms. The zero-order valence-electron chi connectivity index (χ0n) is 19.7. The van der Waals surface area contributed by atoms with E-state index in [9.17, 15) is 31.5 Å². The number of carbonyl (C=O) groups excluding carboxylic acids is 1. The lowest BCUT2D eigenvalue weighted by Crippen LogP contribution is -2.37. The molecule has 1 aromatic carbocycles. The van der Waals surface area contributed by atoms with Crippen molar-refractivity contribution in [3.63, 3.8) is 0 Å². The van der Waals surface area contributed by atoms with E-state index >= 15 is 0 Å². The molecule has 1 aromatic heterocycles. The number of esters is 1. The van der Waals surface area contributed by atoms with Gasteiger partial charge in [0, 0.05) is 6.42 Å². The molecule has 7 nitrogen and oxygen atoms in total. The van der Waals surface area contributed by atoms with Crippen molar-refractivity contribution in [1.82, 2.24) is 14.7 Å². The van der Waals surface area contributed by atoms with Gasteiger partial charge in [-0.3, -0.25) is 14.5 Å². The molecule has 2 heterocycles. The quantitative estimate of drug-likeness (QED) is 0.438. The highest BCUT2D eigenvalue weighted by Gasteiger charge is 2.48. The van der Waals surface area contributed by atoms with Crippen molar-refractivity contribution >= 4 is 5.97 Å². The van der Waals surface area contributed by atoms with Crippen molar-refractivity contribution < 1.29 is 36.2 Å². The van der Waals surface area contributed by atoms with Gasteiger partial charge < -0.3 is 9.47 Å². The summed E-state index contributed by atoms with van der Waals surface area (Å²) in [5.74, 6) is -3.57. The molecule has 0 unspecified atom stereocenters. The molecule has 1 saturated heterocycles. The number of hydrogen-bond acceptors (Lipinski definition) is 6. The molecule has 1 aliphatic heterocycles. The van der Waals surface area contributed by atoms with Crippen LogP contribution in [0.3, 0.4) is 0 Å². The molecule has 3 rings (SSSR count). The van der Waals surface area contributed by atoms with Crippen molar-refractivity contribution in [3.05, 3.63) is 57.5 Å². The Hall–Kier alpha value is -3.02. The van der Waals surface area contributed by atoms with Gasteiger partial charge in [-0.25, -0.2) is 13.5 Å². The fourth-order valence-corrected chi connectivity index (χ4v) is 3.82. The van der Waals surface area contributed by atoms with E-state index in [0.717, 1.165) is 4.90 Å². The second-order valence-corrected chi connectivity index (χ2v) is 9.36. The van der Waals surface area contributed by atoms with Crippen molar-refractivity contribution in [3.8, 4) is 5.75 Å². The Morgan fingerprint density at radius 2 is 1.80 bits per heavy atom. The molecular formula is C23H26F5N3O4. The van der Waals surface area contributed by atoms with Gasteiger partial charge in [-0.1, -0.05) is 12.1 Å². The maximum absolute atomic E-state index is 14.3. The maximum atomic E-state index is 14.3. The van der Waals surface area contributed by atoms with E-state index in [1.54, 1.807) is 45.0 Å². The van der Waals surface area contributed by atoms with Crippen LogP contribution in [0.15, 0.2) is 35.1 Å². The monoisotopic (exact) mass is 503 g/mol. The Morgan fingerprint density at radius 3 is 2.34 bits per heavy atom. The molecule has 2 aromatic rings. The highest BCUT2D eigenvalue weighted by molar-refractivity contribution is 5.72. The van der Waals surface area contributed by atoms with Gasteiger partial charge in [-0.05, 0) is 44.5 Å². The Balaban J connectivity index is 2.01. The second kappa shape index (κ2) is 9.56. The van der Waals surface area contributed by atoms with Crippen LogP contribution in [0, 0.1) is 0 Å². The number of rotatable bonds is 6. The molecule has 1 atom stereocenters.